The van der Waals surface area contributed by atoms with Gasteiger partial charge in [-0.25, -0.2) is 28.7 Å². The fourth-order valence-corrected chi connectivity index (χ4v) is 14.1. The van der Waals surface area contributed by atoms with E-state index in [0.717, 1.165) is 200 Å². The summed E-state index contributed by atoms with van der Waals surface area (Å²) < 4.78 is 73.3. The van der Waals surface area contributed by atoms with Crippen molar-refractivity contribution in [1.82, 2.24) is 80.3 Å². The largest absolute Gasteiger partial charge is 0.477 e. The van der Waals surface area contributed by atoms with Gasteiger partial charge in [-0.05, 0) is 156 Å². The fraction of sp³-hybridized carbons (Fsp3) is 0.588. The number of pyridine rings is 4. The quantitative estimate of drug-likeness (QED) is 0.110. The van der Waals surface area contributed by atoms with E-state index in [1.54, 1.807) is 26.0 Å². The maximum absolute atomic E-state index is 14.4. The highest BCUT2D eigenvalue weighted by Crippen LogP contribution is 2.39. The van der Waals surface area contributed by atoms with E-state index >= 15 is 0 Å². The first-order valence-corrected chi connectivity index (χ1v) is 33.7. The standard InChI is InChI=1S/2C17H21FN4O2.2C17H22N4O2/c2*1-10(15-14(18)9-13-5-8-23-16(13)19-15)22-6-3-12(4-7-22)17-21-20-11(2)24-17;2*1-11(15-4-3-13-7-10-22-16(13)18-15)21-8-5-14(6-9-21)17-20-19-12(2)23-17/h2*9-10,12H,3-8H2,1-2H3;2*3-4,11,14H,5-10H2,1-2H3/t2*10-;2*11-/m1010/s1. The van der Waals surface area contributed by atoms with E-state index < -0.39 is 0 Å². The van der Waals surface area contributed by atoms with E-state index in [1.807, 2.05) is 27.7 Å². The van der Waals surface area contributed by atoms with Crippen LogP contribution in [0.1, 0.15) is 219 Å². The Morgan fingerprint density at radius 1 is 0.351 bits per heavy atom. The van der Waals surface area contributed by atoms with Gasteiger partial charge in [-0.2, -0.15) is 0 Å². The van der Waals surface area contributed by atoms with Crippen LogP contribution < -0.4 is 18.9 Å². The average Bonchev–Trinajstić information content (AvgIpc) is 1.55. The second kappa shape index (κ2) is 29.0. The van der Waals surface area contributed by atoms with Crippen LogP contribution in [0.25, 0.3) is 0 Å². The van der Waals surface area contributed by atoms with E-state index in [4.69, 9.17) is 46.6 Å². The van der Waals surface area contributed by atoms with Crippen molar-refractivity contribution in [2.45, 2.75) is 180 Å². The summed E-state index contributed by atoms with van der Waals surface area (Å²) in [5.41, 5.74) is 7.33. The zero-order chi connectivity index (χ0) is 65.0. The Hall–Kier alpha value is -7.94. The van der Waals surface area contributed by atoms with Crippen molar-refractivity contribution in [2.24, 2.45) is 0 Å². The summed E-state index contributed by atoms with van der Waals surface area (Å²) in [6, 6.07) is 12.2. The van der Waals surface area contributed by atoms with Crippen LogP contribution in [0.5, 0.6) is 23.5 Å². The molecule has 4 saturated heterocycles. The molecule has 24 nitrogen and oxygen atoms in total. The lowest BCUT2D eigenvalue weighted by molar-refractivity contribution is 0.148. The maximum atomic E-state index is 14.4. The average molecular weight is 1290 g/mol. The van der Waals surface area contributed by atoms with Crippen molar-refractivity contribution < 1.29 is 45.4 Å². The lowest BCUT2D eigenvalue weighted by atomic mass is 9.95. The van der Waals surface area contributed by atoms with Crippen LogP contribution in [0.15, 0.2) is 54.1 Å². The van der Waals surface area contributed by atoms with Crippen LogP contribution in [0.4, 0.5) is 8.78 Å². The fourth-order valence-electron chi connectivity index (χ4n) is 14.1. The number of aryl methyl sites for hydroxylation is 4. The molecule has 4 fully saturated rings. The second-order valence-corrected chi connectivity index (χ2v) is 26.0. The van der Waals surface area contributed by atoms with Gasteiger partial charge in [0.2, 0.25) is 70.6 Å². The van der Waals surface area contributed by atoms with Gasteiger partial charge in [0, 0.05) is 111 Å². The zero-order valence-electron chi connectivity index (χ0n) is 55.2. The third-order valence-corrected chi connectivity index (χ3v) is 20.0. The molecule has 0 bridgehead atoms. The molecule has 26 heteroatoms. The minimum Gasteiger partial charge on any atom is -0.477 e. The van der Waals surface area contributed by atoms with Gasteiger partial charge in [0.15, 0.2) is 0 Å². The topological polar surface area (TPSA) is 257 Å². The van der Waals surface area contributed by atoms with Crippen molar-refractivity contribution in [1.29, 1.82) is 0 Å². The Morgan fingerprint density at radius 3 is 0.894 bits per heavy atom. The van der Waals surface area contributed by atoms with Gasteiger partial charge in [0.05, 0.1) is 61.3 Å². The van der Waals surface area contributed by atoms with Crippen molar-refractivity contribution >= 4 is 0 Å². The van der Waals surface area contributed by atoms with Gasteiger partial charge in [-0.15, -0.1) is 40.8 Å². The molecule has 4 atom stereocenters. The Balaban J connectivity index is 0.000000114. The van der Waals surface area contributed by atoms with Gasteiger partial charge in [0.25, 0.3) is 0 Å². The molecule has 0 aromatic carbocycles. The highest BCUT2D eigenvalue weighted by Gasteiger charge is 2.35. The molecule has 16 rings (SSSR count). The van der Waals surface area contributed by atoms with Crippen LogP contribution in [0, 0.1) is 39.3 Å². The first-order chi connectivity index (χ1) is 45.6. The smallest absolute Gasteiger partial charge is 0.219 e. The molecular weight excluding hydrogens is 1210 g/mol. The summed E-state index contributed by atoms with van der Waals surface area (Å²) >= 11 is 0. The zero-order valence-corrected chi connectivity index (χ0v) is 55.2. The highest BCUT2D eigenvalue weighted by atomic mass is 19.1. The van der Waals surface area contributed by atoms with E-state index in [-0.39, 0.29) is 35.6 Å². The molecule has 8 aliphatic rings. The Bertz CT molecular complexity index is 3600. The summed E-state index contributed by atoms with van der Waals surface area (Å²) in [5, 5.41) is 32.3. The molecule has 16 heterocycles. The Kier molecular flexibility index (Phi) is 20.0. The van der Waals surface area contributed by atoms with Crippen LogP contribution in [-0.4, -0.2) is 159 Å². The van der Waals surface area contributed by atoms with Crippen molar-refractivity contribution in [3.8, 4) is 23.5 Å². The molecule has 0 aliphatic carbocycles. The molecule has 0 spiro atoms. The van der Waals surface area contributed by atoms with Crippen molar-refractivity contribution in [3.05, 3.63) is 140 Å². The number of halogens is 2. The molecule has 8 aromatic heterocycles. The van der Waals surface area contributed by atoms with Gasteiger partial charge in [0.1, 0.15) is 11.6 Å². The lowest BCUT2D eigenvalue weighted by Gasteiger charge is -2.34. The van der Waals surface area contributed by atoms with Crippen LogP contribution >= 0.6 is 0 Å². The minimum absolute atomic E-state index is 0.0788. The molecule has 500 valence electrons. The van der Waals surface area contributed by atoms with E-state index in [0.29, 0.717) is 83.8 Å². The number of piperidine rings is 4. The lowest BCUT2D eigenvalue weighted by Crippen LogP contribution is -2.35. The SMILES string of the molecule is Cc1nnc(C2CCN([C@@H](C)c3ccc4c(n3)OCC4)CC2)o1.Cc1nnc(C2CCN([C@@H](C)c3nc4c(cc3F)CCO4)CC2)o1.Cc1nnc(C2CCN([C@H](C)c3ccc4c(n3)OCC4)CC2)o1.Cc1nnc(C2CCN([C@H](C)c3nc4c(cc3F)CCO4)CC2)o1. The monoisotopic (exact) mass is 1290 g/mol. The van der Waals surface area contributed by atoms with E-state index in [2.05, 4.69) is 108 Å². The summed E-state index contributed by atoms with van der Waals surface area (Å²) in [4.78, 5) is 27.7. The van der Waals surface area contributed by atoms with Gasteiger partial charge in [-0.3, -0.25) is 19.6 Å². The normalized spacial score (nSPS) is 20.1. The maximum Gasteiger partial charge on any atom is 0.219 e. The minimum atomic E-state index is -0.235. The van der Waals surface area contributed by atoms with Gasteiger partial charge in [-0.1, -0.05) is 12.1 Å². The van der Waals surface area contributed by atoms with E-state index in [9.17, 15) is 8.78 Å². The Morgan fingerprint density at radius 2 is 0.617 bits per heavy atom. The second-order valence-electron chi connectivity index (χ2n) is 26.0. The number of hydrogen-bond acceptors (Lipinski definition) is 24. The molecule has 0 amide bonds. The summed E-state index contributed by atoms with van der Waals surface area (Å²) in [6.45, 7) is 25.9. The predicted molar refractivity (Wildman–Crippen MR) is 338 cm³/mol. The van der Waals surface area contributed by atoms with Crippen LogP contribution in [0.3, 0.4) is 0 Å². The van der Waals surface area contributed by atoms with Crippen molar-refractivity contribution in [3.63, 3.8) is 0 Å². The first-order valence-electron chi connectivity index (χ1n) is 33.7. The number of aromatic nitrogens is 12. The number of hydrogen-bond donors (Lipinski definition) is 0. The molecule has 8 aromatic rings. The van der Waals surface area contributed by atoms with Crippen LogP contribution in [-0.2, 0) is 25.7 Å². The summed E-state index contributed by atoms with van der Waals surface area (Å²) in [7, 11) is 0. The molecule has 0 radical (unpaired) electrons. The molecule has 94 heavy (non-hydrogen) atoms. The van der Waals surface area contributed by atoms with Crippen molar-refractivity contribution in [2.75, 3.05) is 78.8 Å². The molecule has 0 saturated carbocycles. The first kappa shape index (κ1) is 64.8. The summed E-state index contributed by atoms with van der Waals surface area (Å²) in [6.07, 6.45) is 11.3. The molecule has 0 N–H and O–H groups in total. The van der Waals surface area contributed by atoms with Gasteiger partial charge >= 0.3 is 0 Å². The number of fused-ring (bicyclic) bond motifs is 4. The number of likely N-dealkylation sites (tertiary alicyclic amines) is 4. The number of ether oxygens (including phenoxy) is 4. The Labute approximate surface area is 546 Å². The number of rotatable bonds is 12. The number of nitrogens with zero attached hydrogens (tertiary/aromatic N) is 16. The van der Waals surface area contributed by atoms with Gasteiger partial charge < -0.3 is 36.6 Å². The van der Waals surface area contributed by atoms with E-state index in [1.165, 1.54) is 11.1 Å². The predicted octanol–water partition coefficient (Wildman–Crippen LogP) is 10.9. The van der Waals surface area contributed by atoms with Crippen LogP contribution in [0.2, 0.25) is 0 Å². The summed E-state index contributed by atoms with van der Waals surface area (Å²) in [5.74, 6) is 9.23. The third-order valence-electron chi connectivity index (χ3n) is 20.0. The molecule has 8 aliphatic heterocycles. The third kappa shape index (κ3) is 14.8. The molecule has 0 unspecified atom stereocenters. The molecular formula is C68H86F2N16O8. The highest BCUT2D eigenvalue weighted by molar-refractivity contribution is 5.36.